The Bertz CT molecular complexity index is 255. The van der Waals surface area contributed by atoms with Crippen LogP contribution in [0, 0.1) is 0 Å². The Morgan fingerprint density at radius 3 is 3.20 bits per heavy atom. The molecule has 2 nitrogen and oxygen atoms in total. The van der Waals surface area contributed by atoms with Gasteiger partial charge in [0, 0.05) is 12.5 Å². The van der Waals surface area contributed by atoms with Gasteiger partial charge in [-0.3, -0.25) is 5.11 Å². The highest BCUT2D eigenvalue weighted by molar-refractivity contribution is 5.41. The highest BCUT2D eigenvalue weighted by Gasteiger charge is 2.11. The first-order valence-electron chi connectivity index (χ1n) is 3.29. The van der Waals surface area contributed by atoms with Crippen molar-refractivity contribution in [2.24, 2.45) is 0 Å². The molecule has 51 valence electrons. The molecule has 2 heteroatoms. The predicted molar refractivity (Wildman–Crippen MR) is 35.8 cm³/mol. The van der Waals surface area contributed by atoms with Crippen molar-refractivity contribution >= 4 is 0 Å². The Balaban J connectivity index is 2.52. The van der Waals surface area contributed by atoms with Gasteiger partial charge in [-0.05, 0) is 11.6 Å². The molecule has 0 unspecified atom stereocenters. The Morgan fingerprint density at radius 1 is 1.40 bits per heavy atom. The number of ether oxygens (including phenoxy) is 1. The highest BCUT2D eigenvalue weighted by atomic mass is 16.5. The second-order valence-electron chi connectivity index (χ2n) is 2.37. The first-order chi connectivity index (χ1) is 4.86. The van der Waals surface area contributed by atoms with Crippen LogP contribution in [0.2, 0.25) is 0 Å². The molecule has 2 rings (SSSR count). The number of hydrogen-bond donors (Lipinski definition) is 0. The third-order valence-corrected chi connectivity index (χ3v) is 1.67. The lowest BCUT2D eigenvalue weighted by Gasteiger charge is -1.95. The molecule has 1 aromatic carbocycles. The van der Waals surface area contributed by atoms with Gasteiger partial charge < -0.3 is 4.74 Å². The minimum Gasteiger partial charge on any atom is -0.493 e. The van der Waals surface area contributed by atoms with Crippen LogP contribution in [0.4, 0.5) is 0 Å². The summed E-state index contributed by atoms with van der Waals surface area (Å²) in [7, 11) is 0. The normalized spacial score (nSPS) is 14.4. The molecule has 0 spiro atoms. The molecular weight excluding hydrogens is 128 g/mol. The molecule has 0 atom stereocenters. The third-order valence-electron chi connectivity index (χ3n) is 1.67. The zero-order valence-electron chi connectivity index (χ0n) is 5.46. The fraction of sp³-hybridized carbons (Fsp3) is 0.250. The molecule has 0 amide bonds. The van der Waals surface area contributed by atoms with E-state index in [-0.39, 0.29) is 5.75 Å². The van der Waals surface area contributed by atoms with Crippen molar-refractivity contribution in [3.63, 3.8) is 0 Å². The predicted octanol–water partition coefficient (Wildman–Crippen LogP) is 1.77. The molecule has 0 N–H and O–H groups in total. The third kappa shape index (κ3) is 0.727. The van der Waals surface area contributed by atoms with Crippen LogP contribution in [0.25, 0.3) is 0 Å². The van der Waals surface area contributed by atoms with E-state index in [9.17, 15) is 5.11 Å². The van der Waals surface area contributed by atoms with Crippen molar-refractivity contribution in [1.29, 1.82) is 0 Å². The molecule has 0 fully saturated rings. The smallest absolute Gasteiger partial charge is 0.182 e. The lowest BCUT2D eigenvalue weighted by molar-refractivity contribution is 0.339. The quantitative estimate of drug-likeness (QED) is 0.533. The topological polar surface area (TPSA) is 29.1 Å². The number of rotatable bonds is 0. The van der Waals surface area contributed by atoms with Crippen LogP contribution in [0.3, 0.4) is 0 Å². The van der Waals surface area contributed by atoms with E-state index >= 15 is 0 Å². The van der Waals surface area contributed by atoms with Gasteiger partial charge in [-0.1, -0.05) is 6.07 Å². The molecule has 1 heterocycles. The van der Waals surface area contributed by atoms with Crippen LogP contribution >= 0.6 is 0 Å². The van der Waals surface area contributed by atoms with Crippen molar-refractivity contribution < 1.29 is 9.84 Å². The van der Waals surface area contributed by atoms with Crippen LogP contribution in [-0.2, 0) is 11.5 Å². The molecule has 10 heavy (non-hydrogen) atoms. The molecule has 0 aromatic heterocycles. The van der Waals surface area contributed by atoms with Crippen LogP contribution in [0.5, 0.6) is 11.5 Å². The Kier molecular flexibility index (Phi) is 1.07. The molecule has 0 saturated carbocycles. The SMILES string of the molecule is [O]c1ccc2c(c1)OCC2. The van der Waals surface area contributed by atoms with Crippen LogP contribution in [-0.4, -0.2) is 6.61 Å². The molecular formula is C8H7O2. The lowest BCUT2D eigenvalue weighted by atomic mass is 10.2. The van der Waals surface area contributed by atoms with Crippen molar-refractivity contribution in [1.82, 2.24) is 0 Å². The van der Waals surface area contributed by atoms with E-state index in [4.69, 9.17) is 4.74 Å². The monoisotopic (exact) mass is 135 g/mol. The van der Waals surface area contributed by atoms with Gasteiger partial charge >= 0.3 is 0 Å². The van der Waals surface area contributed by atoms with Crippen molar-refractivity contribution in [3.05, 3.63) is 23.8 Å². The summed E-state index contributed by atoms with van der Waals surface area (Å²) in [5.74, 6) is 0.799. The second kappa shape index (κ2) is 1.90. The van der Waals surface area contributed by atoms with Crippen molar-refractivity contribution in [2.75, 3.05) is 6.61 Å². The first-order valence-corrected chi connectivity index (χ1v) is 3.29. The Labute approximate surface area is 59.1 Å². The number of hydrogen-bond acceptors (Lipinski definition) is 1. The summed E-state index contributed by atoms with van der Waals surface area (Å²) < 4.78 is 5.18. The summed E-state index contributed by atoms with van der Waals surface area (Å²) in [6.07, 6.45) is 0.940. The van der Waals surface area contributed by atoms with Crippen LogP contribution < -0.4 is 4.74 Å². The molecule has 0 aliphatic carbocycles. The van der Waals surface area contributed by atoms with E-state index in [1.807, 2.05) is 6.07 Å². The van der Waals surface area contributed by atoms with E-state index in [0.717, 1.165) is 24.3 Å². The van der Waals surface area contributed by atoms with E-state index < -0.39 is 0 Å². The average molecular weight is 135 g/mol. The van der Waals surface area contributed by atoms with Crippen molar-refractivity contribution in [2.45, 2.75) is 6.42 Å². The Morgan fingerprint density at radius 2 is 2.30 bits per heavy atom. The fourth-order valence-corrected chi connectivity index (χ4v) is 1.15. The number of fused-ring (bicyclic) bond motifs is 1. The van der Waals surface area contributed by atoms with Gasteiger partial charge in [0.2, 0.25) is 0 Å². The van der Waals surface area contributed by atoms with E-state index in [1.165, 1.54) is 0 Å². The zero-order valence-corrected chi connectivity index (χ0v) is 5.46. The summed E-state index contributed by atoms with van der Waals surface area (Å²) in [5, 5.41) is 10.7. The molecule has 0 saturated heterocycles. The first kappa shape index (κ1) is 5.59. The zero-order chi connectivity index (χ0) is 6.97. The summed E-state index contributed by atoms with van der Waals surface area (Å²) in [6, 6.07) is 4.96. The van der Waals surface area contributed by atoms with Crippen LogP contribution in [0.1, 0.15) is 5.56 Å². The summed E-state index contributed by atoms with van der Waals surface area (Å²) in [6.45, 7) is 0.721. The maximum atomic E-state index is 10.7. The molecule has 1 radical (unpaired) electrons. The van der Waals surface area contributed by atoms with Gasteiger partial charge in [-0.25, -0.2) is 0 Å². The second-order valence-corrected chi connectivity index (χ2v) is 2.37. The summed E-state index contributed by atoms with van der Waals surface area (Å²) >= 11 is 0. The van der Waals surface area contributed by atoms with Gasteiger partial charge in [0.1, 0.15) is 5.75 Å². The average Bonchev–Trinajstić information content (AvgIpc) is 2.33. The molecule has 1 aromatic rings. The summed E-state index contributed by atoms with van der Waals surface area (Å²) in [5.41, 5.74) is 1.15. The van der Waals surface area contributed by atoms with Gasteiger partial charge in [0.05, 0.1) is 6.61 Å². The van der Waals surface area contributed by atoms with E-state index in [0.29, 0.717) is 0 Å². The summed E-state index contributed by atoms with van der Waals surface area (Å²) in [4.78, 5) is 0. The van der Waals surface area contributed by atoms with Crippen molar-refractivity contribution in [3.8, 4) is 11.5 Å². The molecule has 0 bridgehead atoms. The maximum absolute atomic E-state index is 10.7. The Hall–Kier alpha value is -1.18. The lowest BCUT2D eigenvalue weighted by Crippen LogP contribution is -1.85. The van der Waals surface area contributed by atoms with E-state index in [2.05, 4.69) is 0 Å². The minimum absolute atomic E-state index is 0.0284. The maximum Gasteiger partial charge on any atom is 0.182 e. The van der Waals surface area contributed by atoms with Crippen LogP contribution in [0.15, 0.2) is 18.2 Å². The fourth-order valence-electron chi connectivity index (χ4n) is 1.15. The standard InChI is InChI=1S/C8H7O2/c9-7-2-1-6-3-4-10-8(6)5-7/h1-2,5H,3-4H2. The van der Waals surface area contributed by atoms with Gasteiger partial charge in [0.15, 0.2) is 5.75 Å². The largest absolute Gasteiger partial charge is 0.493 e. The van der Waals surface area contributed by atoms with Gasteiger partial charge in [0.25, 0.3) is 0 Å². The minimum atomic E-state index is 0.0284. The molecule has 1 aliphatic heterocycles. The highest BCUT2D eigenvalue weighted by Crippen LogP contribution is 2.28. The molecule has 1 aliphatic rings. The number of benzene rings is 1. The van der Waals surface area contributed by atoms with Gasteiger partial charge in [-0.2, -0.15) is 0 Å². The van der Waals surface area contributed by atoms with E-state index in [1.54, 1.807) is 12.1 Å². The van der Waals surface area contributed by atoms with Gasteiger partial charge in [-0.15, -0.1) is 0 Å².